The molecule has 0 bridgehead atoms. The molecule has 16 heavy (non-hydrogen) atoms. The summed E-state index contributed by atoms with van der Waals surface area (Å²) in [5.41, 5.74) is 0. The highest BCUT2D eigenvalue weighted by atomic mass is 15.1. The van der Waals surface area contributed by atoms with Crippen molar-refractivity contribution < 1.29 is 0 Å². The van der Waals surface area contributed by atoms with Crippen molar-refractivity contribution in [2.75, 3.05) is 11.9 Å². The van der Waals surface area contributed by atoms with Gasteiger partial charge < -0.3 is 5.32 Å². The van der Waals surface area contributed by atoms with Crippen LogP contribution in [0.5, 0.6) is 0 Å². The molecule has 2 rings (SSSR count). The lowest BCUT2D eigenvalue weighted by atomic mass is 10.4. The maximum atomic E-state index is 4.22. The first-order chi connectivity index (χ1) is 7.81. The van der Waals surface area contributed by atoms with Crippen molar-refractivity contribution in [2.45, 2.75) is 20.3 Å². The summed E-state index contributed by atoms with van der Waals surface area (Å²) in [6, 6.07) is 1.92. The van der Waals surface area contributed by atoms with Gasteiger partial charge in [-0.3, -0.25) is 4.57 Å². The number of nitrogens with one attached hydrogen (secondary N) is 1. The Labute approximate surface area is 94.6 Å². The Bertz CT molecular complexity index is 463. The second-order valence-corrected chi connectivity index (χ2v) is 3.53. The first kappa shape index (κ1) is 10.6. The van der Waals surface area contributed by atoms with Gasteiger partial charge in [0.2, 0.25) is 0 Å². The van der Waals surface area contributed by atoms with E-state index in [1.807, 2.05) is 23.8 Å². The quantitative estimate of drug-likeness (QED) is 0.848. The third-order valence-corrected chi connectivity index (χ3v) is 2.28. The fourth-order valence-electron chi connectivity index (χ4n) is 1.45. The van der Waals surface area contributed by atoms with E-state index in [0.717, 1.165) is 30.4 Å². The fourth-order valence-corrected chi connectivity index (χ4v) is 1.45. The molecule has 0 aliphatic rings. The maximum Gasteiger partial charge on any atom is 0.143 e. The van der Waals surface area contributed by atoms with Crippen LogP contribution in [-0.2, 0) is 0 Å². The van der Waals surface area contributed by atoms with E-state index in [4.69, 9.17) is 0 Å². The van der Waals surface area contributed by atoms with Crippen LogP contribution in [0.25, 0.3) is 5.82 Å². The third kappa shape index (κ3) is 2.18. The Morgan fingerprint density at radius 3 is 2.88 bits per heavy atom. The second-order valence-electron chi connectivity index (χ2n) is 3.53. The highest BCUT2D eigenvalue weighted by Gasteiger charge is 2.02. The monoisotopic (exact) mass is 217 g/mol. The molecular weight excluding hydrogens is 202 g/mol. The molecule has 0 amide bonds. The molecule has 0 saturated carbocycles. The Kier molecular flexibility index (Phi) is 3.14. The molecule has 0 aromatic carbocycles. The predicted molar refractivity (Wildman–Crippen MR) is 62.7 cm³/mol. The highest BCUT2D eigenvalue weighted by Crippen LogP contribution is 2.10. The van der Waals surface area contributed by atoms with Crippen LogP contribution in [-0.4, -0.2) is 26.1 Å². The van der Waals surface area contributed by atoms with Crippen molar-refractivity contribution in [3.8, 4) is 5.82 Å². The van der Waals surface area contributed by atoms with E-state index in [1.165, 1.54) is 0 Å². The van der Waals surface area contributed by atoms with E-state index >= 15 is 0 Å². The number of rotatable bonds is 4. The van der Waals surface area contributed by atoms with E-state index in [0.29, 0.717) is 0 Å². The van der Waals surface area contributed by atoms with Crippen LogP contribution in [0.4, 0.5) is 5.82 Å². The van der Waals surface area contributed by atoms with Crippen LogP contribution in [0.15, 0.2) is 24.8 Å². The summed E-state index contributed by atoms with van der Waals surface area (Å²) < 4.78 is 1.93. The minimum atomic E-state index is 0.837. The first-order valence-corrected chi connectivity index (χ1v) is 5.37. The van der Waals surface area contributed by atoms with Crippen LogP contribution in [0.1, 0.15) is 19.2 Å². The molecule has 2 aromatic rings. The highest BCUT2D eigenvalue weighted by molar-refractivity contribution is 5.40. The molecule has 0 atom stereocenters. The van der Waals surface area contributed by atoms with Crippen LogP contribution < -0.4 is 5.32 Å². The van der Waals surface area contributed by atoms with E-state index in [2.05, 4.69) is 27.2 Å². The average molecular weight is 217 g/mol. The molecule has 0 spiro atoms. The normalized spacial score (nSPS) is 10.4. The van der Waals surface area contributed by atoms with Gasteiger partial charge >= 0.3 is 0 Å². The Balaban J connectivity index is 2.26. The van der Waals surface area contributed by atoms with Crippen LogP contribution >= 0.6 is 0 Å². The Morgan fingerprint density at radius 2 is 2.19 bits per heavy atom. The lowest BCUT2D eigenvalue weighted by Gasteiger charge is -2.07. The summed E-state index contributed by atoms with van der Waals surface area (Å²) >= 11 is 0. The molecule has 5 nitrogen and oxygen atoms in total. The van der Waals surface area contributed by atoms with Crippen LogP contribution in [0.2, 0.25) is 0 Å². The molecule has 84 valence electrons. The van der Waals surface area contributed by atoms with E-state index in [1.54, 1.807) is 12.5 Å². The zero-order valence-electron chi connectivity index (χ0n) is 9.51. The van der Waals surface area contributed by atoms with Gasteiger partial charge in [0, 0.05) is 25.0 Å². The minimum absolute atomic E-state index is 0.837. The Hall–Kier alpha value is -1.91. The van der Waals surface area contributed by atoms with Gasteiger partial charge in [-0.05, 0) is 13.3 Å². The molecule has 0 radical (unpaired) electrons. The largest absolute Gasteiger partial charge is 0.370 e. The molecule has 0 aliphatic carbocycles. The lowest BCUT2D eigenvalue weighted by Crippen LogP contribution is -2.05. The van der Waals surface area contributed by atoms with E-state index < -0.39 is 0 Å². The molecular formula is C11H15N5. The smallest absolute Gasteiger partial charge is 0.143 e. The summed E-state index contributed by atoms with van der Waals surface area (Å²) in [5.74, 6) is 2.60. The predicted octanol–water partition coefficient (Wildman–Crippen LogP) is 1.79. The zero-order chi connectivity index (χ0) is 11.4. The lowest BCUT2D eigenvalue weighted by molar-refractivity contribution is 0.912. The average Bonchev–Trinajstić information content (AvgIpc) is 2.73. The SMILES string of the molecule is CCCNc1cc(-n2ccnc2C)ncn1. The molecule has 1 N–H and O–H groups in total. The molecule has 0 fully saturated rings. The van der Waals surface area contributed by atoms with Gasteiger partial charge in [-0.1, -0.05) is 6.92 Å². The number of hydrogen-bond acceptors (Lipinski definition) is 4. The van der Waals surface area contributed by atoms with Gasteiger partial charge in [-0.15, -0.1) is 0 Å². The maximum absolute atomic E-state index is 4.22. The van der Waals surface area contributed by atoms with Gasteiger partial charge in [0.15, 0.2) is 0 Å². The van der Waals surface area contributed by atoms with Crippen LogP contribution in [0.3, 0.4) is 0 Å². The van der Waals surface area contributed by atoms with Gasteiger partial charge in [0.05, 0.1) is 0 Å². The number of aromatic nitrogens is 4. The van der Waals surface area contributed by atoms with Gasteiger partial charge in [-0.2, -0.15) is 0 Å². The van der Waals surface area contributed by atoms with Gasteiger partial charge in [-0.25, -0.2) is 15.0 Å². The number of aryl methyl sites for hydroxylation is 1. The van der Waals surface area contributed by atoms with Crippen molar-refractivity contribution in [2.24, 2.45) is 0 Å². The van der Waals surface area contributed by atoms with Crippen molar-refractivity contribution in [3.63, 3.8) is 0 Å². The van der Waals surface area contributed by atoms with Crippen LogP contribution in [0, 0.1) is 6.92 Å². The van der Waals surface area contributed by atoms with Crippen molar-refractivity contribution in [3.05, 3.63) is 30.6 Å². The molecule has 0 aliphatic heterocycles. The van der Waals surface area contributed by atoms with Gasteiger partial charge in [0.25, 0.3) is 0 Å². The van der Waals surface area contributed by atoms with Crippen molar-refractivity contribution in [1.29, 1.82) is 0 Å². The zero-order valence-corrected chi connectivity index (χ0v) is 9.51. The number of nitrogens with zero attached hydrogens (tertiary/aromatic N) is 4. The number of anilines is 1. The molecule has 0 unspecified atom stereocenters. The first-order valence-electron chi connectivity index (χ1n) is 5.37. The number of hydrogen-bond donors (Lipinski definition) is 1. The second kappa shape index (κ2) is 4.74. The number of imidazole rings is 1. The van der Waals surface area contributed by atoms with Gasteiger partial charge in [0.1, 0.15) is 23.8 Å². The fraction of sp³-hybridized carbons (Fsp3) is 0.364. The van der Waals surface area contributed by atoms with E-state index in [9.17, 15) is 0 Å². The summed E-state index contributed by atoms with van der Waals surface area (Å²) in [6.07, 6.45) is 6.29. The molecule has 2 aromatic heterocycles. The topological polar surface area (TPSA) is 55.6 Å². The molecule has 5 heteroatoms. The molecule has 2 heterocycles. The Morgan fingerprint density at radius 1 is 1.31 bits per heavy atom. The molecule has 0 saturated heterocycles. The van der Waals surface area contributed by atoms with Crippen molar-refractivity contribution in [1.82, 2.24) is 19.5 Å². The third-order valence-electron chi connectivity index (χ3n) is 2.28. The summed E-state index contributed by atoms with van der Waals surface area (Å²) in [7, 11) is 0. The minimum Gasteiger partial charge on any atom is -0.370 e. The summed E-state index contributed by atoms with van der Waals surface area (Å²) in [6.45, 7) is 4.98. The van der Waals surface area contributed by atoms with Crippen molar-refractivity contribution >= 4 is 5.82 Å². The summed E-state index contributed by atoms with van der Waals surface area (Å²) in [5, 5.41) is 3.23. The van der Waals surface area contributed by atoms with E-state index in [-0.39, 0.29) is 0 Å². The standard InChI is InChI=1S/C11H15N5/c1-3-4-13-10-7-11(15-8-14-10)16-6-5-12-9(16)2/h5-8H,3-4H2,1-2H3,(H,13,14,15). The summed E-state index contributed by atoms with van der Waals surface area (Å²) in [4.78, 5) is 12.6.